The van der Waals surface area contributed by atoms with Crippen molar-refractivity contribution in [1.82, 2.24) is 24.9 Å². The van der Waals surface area contributed by atoms with Crippen LogP contribution in [0, 0.1) is 18.8 Å². The Morgan fingerprint density at radius 1 is 1.10 bits per heavy atom. The monoisotopic (exact) mass is 565 g/mol. The smallest absolute Gasteiger partial charge is 0.350 e. The van der Waals surface area contributed by atoms with Crippen molar-refractivity contribution in [2.24, 2.45) is 11.8 Å². The summed E-state index contributed by atoms with van der Waals surface area (Å²) in [5.41, 5.74) is 3.31. The number of aryl methyl sites for hydroxylation is 1. The van der Waals surface area contributed by atoms with Crippen LogP contribution < -0.4 is 10.6 Å². The zero-order valence-corrected chi connectivity index (χ0v) is 23.5. The molecule has 2 unspecified atom stereocenters. The van der Waals surface area contributed by atoms with Crippen LogP contribution in [0.5, 0.6) is 0 Å². The van der Waals surface area contributed by atoms with Gasteiger partial charge in [0, 0.05) is 30.7 Å². The van der Waals surface area contributed by atoms with E-state index in [1.807, 2.05) is 56.5 Å². The highest BCUT2D eigenvalue weighted by Crippen LogP contribution is 2.41. The number of allylic oxidation sites excluding steroid dienone is 2. The lowest BCUT2D eigenvalue weighted by Gasteiger charge is -2.41. The van der Waals surface area contributed by atoms with Crippen molar-refractivity contribution in [3.63, 3.8) is 0 Å². The minimum absolute atomic E-state index is 0.213. The van der Waals surface area contributed by atoms with Gasteiger partial charge in [-0.25, -0.2) is 9.78 Å². The third kappa shape index (κ3) is 6.01. The highest BCUT2D eigenvalue weighted by atomic mass is 19.4. The van der Waals surface area contributed by atoms with Crippen LogP contribution in [-0.4, -0.2) is 44.9 Å². The van der Waals surface area contributed by atoms with Crippen LogP contribution >= 0.6 is 0 Å². The molecule has 5 rings (SSSR count). The fraction of sp³-hybridized carbons (Fsp3) is 0.387. The van der Waals surface area contributed by atoms with E-state index in [-0.39, 0.29) is 30.9 Å². The summed E-state index contributed by atoms with van der Waals surface area (Å²) in [6.45, 7) is 8.52. The number of urea groups is 1. The molecule has 2 atom stereocenters. The van der Waals surface area contributed by atoms with Crippen LogP contribution in [0.1, 0.15) is 49.7 Å². The zero-order chi connectivity index (χ0) is 29.5. The number of hydrogen-bond donors (Lipinski definition) is 2. The van der Waals surface area contributed by atoms with Crippen LogP contribution in [0.4, 0.5) is 18.0 Å². The van der Waals surface area contributed by atoms with E-state index in [1.54, 1.807) is 23.1 Å². The number of fused-ring (bicyclic) bond motifs is 2. The average Bonchev–Trinajstić information content (AvgIpc) is 3.24. The molecule has 3 aromatic rings. The maximum Gasteiger partial charge on any atom is 0.416 e. The molecule has 7 nitrogen and oxygen atoms in total. The van der Waals surface area contributed by atoms with Crippen molar-refractivity contribution in [3.8, 4) is 0 Å². The number of pyridine rings is 1. The molecule has 10 heteroatoms. The van der Waals surface area contributed by atoms with Crippen molar-refractivity contribution < 1.29 is 22.8 Å². The molecule has 0 radical (unpaired) electrons. The second kappa shape index (κ2) is 10.7. The predicted octanol–water partition coefficient (Wildman–Crippen LogP) is 5.75. The number of carbonyl (C=O) groups is 2. The molecule has 1 saturated heterocycles. The lowest BCUT2D eigenvalue weighted by molar-refractivity contribution is -0.137. The third-order valence-electron chi connectivity index (χ3n) is 7.60. The number of nitrogens with zero attached hydrogens (tertiary/aromatic N) is 3. The number of halogens is 3. The normalized spacial score (nSPS) is 19.3. The number of aromatic nitrogens is 2. The number of carbonyl (C=O) groups excluding carboxylic acids is 2. The van der Waals surface area contributed by atoms with Crippen LogP contribution in [-0.2, 0) is 17.5 Å². The number of hydrogen-bond acceptors (Lipinski definition) is 3. The molecule has 0 bridgehead atoms. The van der Waals surface area contributed by atoms with Gasteiger partial charge in [0.05, 0.1) is 29.4 Å². The quantitative estimate of drug-likeness (QED) is 0.423. The van der Waals surface area contributed by atoms with Crippen molar-refractivity contribution in [2.75, 3.05) is 13.1 Å². The van der Waals surface area contributed by atoms with Gasteiger partial charge >= 0.3 is 12.2 Å². The first-order valence-electron chi connectivity index (χ1n) is 13.7. The highest BCUT2D eigenvalue weighted by molar-refractivity contribution is 5.87. The lowest BCUT2D eigenvalue weighted by atomic mass is 9.73. The van der Waals surface area contributed by atoms with Crippen LogP contribution in [0.3, 0.4) is 0 Å². The Kier molecular flexibility index (Phi) is 7.44. The molecule has 216 valence electrons. The summed E-state index contributed by atoms with van der Waals surface area (Å²) in [4.78, 5) is 33.0. The maximum absolute atomic E-state index is 13.6. The van der Waals surface area contributed by atoms with E-state index in [9.17, 15) is 22.8 Å². The van der Waals surface area contributed by atoms with E-state index in [2.05, 4.69) is 15.6 Å². The van der Waals surface area contributed by atoms with Gasteiger partial charge in [0.2, 0.25) is 5.91 Å². The maximum atomic E-state index is 13.6. The lowest BCUT2D eigenvalue weighted by Crippen LogP contribution is -2.53. The van der Waals surface area contributed by atoms with Crippen LogP contribution in [0.2, 0.25) is 0 Å². The Morgan fingerprint density at radius 3 is 2.61 bits per heavy atom. The molecule has 1 fully saturated rings. The fourth-order valence-electron chi connectivity index (χ4n) is 5.65. The van der Waals surface area contributed by atoms with Gasteiger partial charge in [0.25, 0.3) is 0 Å². The average molecular weight is 566 g/mol. The van der Waals surface area contributed by atoms with Gasteiger partial charge in [0.1, 0.15) is 5.65 Å². The van der Waals surface area contributed by atoms with Gasteiger partial charge in [0.15, 0.2) is 0 Å². The minimum atomic E-state index is -4.47. The zero-order valence-electron chi connectivity index (χ0n) is 23.5. The molecular weight excluding hydrogens is 531 g/mol. The summed E-state index contributed by atoms with van der Waals surface area (Å²) in [6, 6.07) is 10.7. The first-order chi connectivity index (χ1) is 19.3. The number of likely N-dealkylation sites (tertiary alicyclic amines) is 1. The molecule has 2 N–H and O–H groups in total. The molecule has 2 aliphatic rings. The van der Waals surface area contributed by atoms with Gasteiger partial charge in [-0.15, -0.1) is 0 Å². The minimum Gasteiger partial charge on any atom is -0.350 e. The topological polar surface area (TPSA) is 78.7 Å². The van der Waals surface area contributed by atoms with Gasteiger partial charge in [-0.1, -0.05) is 35.9 Å². The summed E-state index contributed by atoms with van der Waals surface area (Å²) >= 11 is 0. The number of benzene rings is 1. The first kappa shape index (κ1) is 28.4. The van der Waals surface area contributed by atoms with Crippen molar-refractivity contribution in [1.29, 1.82) is 0 Å². The van der Waals surface area contributed by atoms with E-state index in [1.165, 1.54) is 6.07 Å². The second-order valence-corrected chi connectivity index (χ2v) is 11.7. The second-order valence-electron chi connectivity index (χ2n) is 11.7. The fourth-order valence-corrected chi connectivity index (χ4v) is 5.65. The van der Waals surface area contributed by atoms with E-state index in [0.29, 0.717) is 24.1 Å². The number of rotatable bonds is 4. The number of amides is 3. The first-order valence-corrected chi connectivity index (χ1v) is 13.7. The number of alkyl halides is 3. The Morgan fingerprint density at radius 2 is 1.88 bits per heavy atom. The van der Waals surface area contributed by atoms with E-state index in [0.717, 1.165) is 34.7 Å². The van der Waals surface area contributed by atoms with E-state index >= 15 is 0 Å². The van der Waals surface area contributed by atoms with Crippen molar-refractivity contribution in [3.05, 3.63) is 88.9 Å². The summed E-state index contributed by atoms with van der Waals surface area (Å²) in [5, 5.41) is 6.03. The van der Waals surface area contributed by atoms with Gasteiger partial charge in [-0.3, -0.25) is 4.79 Å². The Bertz CT molecular complexity index is 1550. The summed E-state index contributed by atoms with van der Waals surface area (Å²) in [7, 11) is 0. The third-order valence-corrected chi connectivity index (χ3v) is 7.60. The van der Waals surface area contributed by atoms with Crippen LogP contribution in [0.25, 0.3) is 11.2 Å². The summed E-state index contributed by atoms with van der Waals surface area (Å²) in [5.74, 6) is -1.19. The van der Waals surface area contributed by atoms with E-state index < -0.39 is 23.2 Å². The number of piperidine rings is 1. The molecule has 1 aliphatic heterocycles. The largest absolute Gasteiger partial charge is 0.416 e. The Labute approximate surface area is 237 Å². The summed E-state index contributed by atoms with van der Waals surface area (Å²) in [6.07, 6.45) is 1.40. The van der Waals surface area contributed by atoms with Gasteiger partial charge in [-0.05, 0) is 69.5 Å². The molecule has 2 aromatic heterocycles. The highest BCUT2D eigenvalue weighted by Gasteiger charge is 2.39. The van der Waals surface area contributed by atoms with Crippen molar-refractivity contribution >= 4 is 23.2 Å². The molecule has 41 heavy (non-hydrogen) atoms. The van der Waals surface area contributed by atoms with Crippen LogP contribution in [0.15, 0.2) is 66.4 Å². The molecule has 3 amide bonds. The molecule has 1 aromatic carbocycles. The number of imidazole rings is 1. The van der Waals surface area contributed by atoms with E-state index in [4.69, 9.17) is 0 Å². The molecular formula is C31H34F3N5O2. The Balaban J connectivity index is 1.44. The SMILES string of the molecule is Cc1nc2ccccn2c1CNC(=O)C1C=CC(c2cccc(C(F)(F)F)c2)=C2CCN(C(=O)NC(C)(C)C)CC21. The van der Waals surface area contributed by atoms with Crippen molar-refractivity contribution in [2.45, 2.75) is 52.4 Å². The van der Waals surface area contributed by atoms with Gasteiger partial charge in [-0.2, -0.15) is 13.2 Å². The molecule has 0 saturated carbocycles. The number of nitrogens with one attached hydrogen (secondary N) is 2. The molecule has 0 spiro atoms. The molecule has 3 heterocycles. The molecule has 1 aliphatic carbocycles. The summed E-state index contributed by atoms with van der Waals surface area (Å²) < 4.78 is 42.4. The Hall–Kier alpha value is -4.08. The standard InChI is InChI=1S/C31H34F3N5O2/c1-19-26(39-14-6-5-10-27(39)36-19)17-35-28(40)24-12-11-22(20-8-7-9-21(16-20)31(32,33)34)23-13-15-38(18-25(23)24)29(41)37-30(2,3)4/h5-12,14,16,24-25H,13,15,17-18H2,1-4H3,(H,35,40)(H,37,41). The predicted molar refractivity (Wildman–Crippen MR) is 151 cm³/mol. The van der Waals surface area contributed by atoms with Gasteiger partial charge < -0.3 is 19.9 Å².